The molecule has 0 saturated heterocycles. The molecular formula is C19H14F4N4O. The second-order valence-electron chi connectivity index (χ2n) is 5.77. The molecule has 28 heavy (non-hydrogen) atoms. The summed E-state index contributed by atoms with van der Waals surface area (Å²) in [5, 5.41) is 5.19. The number of benzene rings is 2. The minimum absolute atomic E-state index is 0.00146. The molecule has 0 radical (unpaired) electrons. The third kappa shape index (κ3) is 4.81. The van der Waals surface area contributed by atoms with Crippen LogP contribution in [-0.4, -0.2) is 15.9 Å². The van der Waals surface area contributed by atoms with E-state index < -0.39 is 17.6 Å². The van der Waals surface area contributed by atoms with Crippen LogP contribution in [0.3, 0.4) is 0 Å². The summed E-state index contributed by atoms with van der Waals surface area (Å²) in [5.74, 6) is -0.842. The molecule has 3 aromatic rings. The standard InChI is InChI=1S/C19H14F4N4O/c20-16-7-2-1-4-12(16)9-24-18-25-10-13(11-26-18)17(28)27-15-6-3-5-14(8-15)19(21,22)23/h1-8,10-11H,9H2,(H,27,28)(H,24,25,26). The van der Waals surface area contributed by atoms with Crippen molar-refractivity contribution in [1.29, 1.82) is 0 Å². The van der Waals surface area contributed by atoms with E-state index in [2.05, 4.69) is 20.6 Å². The minimum Gasteiger partial charge on any atom is -0.350 e. The number of amides is 1. The first-order valence-corrected chi connectivity index (χ1v) is 8.11. The van der Waals surface area contributed by atoms with Crippen molar-refractivity contribution in [1.82, 2.24) is 9.97 Å². The van der Waals surface area contributed by atoms with Crippen molar-refractivity contribution in [3.05, 3.63) is 83.4 Å². The number of aromatic nitrogens is 2. The first-order valence-electron chi connectivity index (χ1n) is 8.11. The van der Waals surface area contributed by atoms with E-state index in [4.69, 9.17) is 0 Å². The van der Waals surface area contributed by atoms with Gasteiger partial charge in [0.05, 0.1) is 11.1 Å². The maximum absolute atomic E-state index is 13.6. The third-order valence-electron chi connectivity index (χ3n) is 3.76. The lowest BCUT2D eigenvalue weighted by atomic mass is 10.2. The Morgan fingerprint density at radius 3 is 2.39 bits per heavy atom. The van der Waals surface area contributed by atoms with E-state index >= 15 is 0 Å². The van der Waals surface area contributed by atoms with Gasteiger partial charge in [0.1, 0.15) is 5.82 Å². The van der Waals surface area contributed by atoms with Crippen molar-refractivity contribution >= 4 is 17.5 Å². The second-order valence-corrected chi connectivity index (χ2v) is 5.77. The van der Waals surface area contributed by atoms with Crippen LogP contribution in [0.2, 0.25) is 0 Å². The summed E-state index contributed by atoms with van der Waals surface area (Å²) in [4.78, 5) is 20.1. The highest BCUT2D eigenvalue weighted by molar-refractivity contribution is 6.03. The topological polar surface area (TPSA) is 66.9 Å². The van der Waals surface area contributed by atoms with Crippen molar-refractivity contribution < 1.29 is 22.4 Å². The summed E-state index contributed by atoms with van der Waals surface area (Å²) in [6, 6.07) is 10.5. The molecule has 144 valence electrons. The fraction of sp³-hybridized carbons (Fsp3) is 0.105. The summed E-state index contributed by atoms with van der Waals surface area (Å²) in [6.45, 7) is 0.155. The number of hydrogen-bond donors (Lipinski definition) is 2. The van der Waals surface area contributed by atoms with Crippen LogP contribution in [0.15, 0.2) is 60.9 Å². The van der Waals surface area contributed by atoms with Gasteiger partial charge in [-0.05, 0) is 24.3 Å². The third-order valence-corrected chi connectivity index (χ3v) is 3.76. The summed E-state index contributed by atoms with van der Waals surface area (Å²) in [6.07, 6.45) is -2.06. The van der Waals surface area contributed by atoms with Gasteiger partial charge in [0.15, 0.2) is 0 Å². The number of carbonyl (C=O) groups excluding carboxylic acids is 1. The highest BCUT2D eigenvalue weighted by atomic mass is 19.4. The van der Waals surface area contributed by atoms with Gasteiger partial charge < -0.3 is 10.6 Å². The van der Waals surface area contributed by atoms with Crippen LogP contribution in [0.4, 0.5) is 29.2 Å². The molecule has 0 fully saturated rings. The lowest BCUT2D eigenvalue weighted by Gasteiger charge is -2.10. The molecule has 2 aromatic carbocycles. The summed E-state index contributed by atoms with van der Waals surface area (Å²) >= 11 is 0. The predicted octanol–water partition coefficient (Wildman–Crippen LogP) is 4.50. The van der Waals surface area contributed by atoms with Crippen molar-refractivity contribution in [2.24, 2.45) is 0 Å². The van der Waals surface area contributed by atoms with Crippen LogP contribution in [0.1, 0.15) is 21.5 Å². The molecule has 9 heteroatoms. The molecule has 1 heterocycles. The van der Waals surface area contributed by atoms with Gasteiger partial charge in [-0.2, -0.15) is 13.2 Å². The lowest BCUT2D eigenvalue weighted by molar-refractivity contribution is -0.137. The van der Waals surface area contributed by atoms with Crippen LogP contribution in [0, 0.1) is 5.82 Å². The molecule has 0 saturated carbocycles. The molecule has 3 rings (SSSR count). The predicted molar refractivity (Wildman–Crippen MR) is 95.2 cm³/mol. The Hall–Kier alpha value is -3.49. The molecule has 0 aliphatic heterocycles. The highest BCUT2D eigenvalue weighted by Gasteiger charge is 2.30. The zero-order chi connectivity index (χ0) is 20.1. The Morgan fingerprint density at radius 1 is 1.00 bits per heavy atom. The number of nitrogens with one attached hydrogen (secondary N) is 2. The van der Waals surface area contributed by atoms with Crippen LogP contribution in [0.25, 0.3) is 0 Å². The smallest absolute Gasteiger partial charge is 0.350 e. The lowest BCUT2D eigenvalue weighted by Crippen LogP contribution is -2.14. The SMILES string of the molecule is O=C(Nc1cccc(C(F)(F)F)c1)c1cnc(NCc2ccccc2F)nc1. The number of halogens is 4. The quantitative estimate of drug-likeness (QED) is 0.630. The van der Waals surface area contributed by atoms with Gasteiger partial charge in [-0.15, -0.1) is 0 Å². The highest BCUT2D eigenvalue weighted by Crippen LogP contribution is 2.30. The Labute approximate surface area is 157 Å². The molecule has 0 aliphatic rings. The average Bonchev–Trinajstić information content (AvgIpc) is 2.67. The molecule has 1 amide bonds. The molecule has 2 N–H and O–H groups in total. The van der Waals surface area contributed by atoms with Gasteiger partial charge >= 0.3 is 6.18 Å². The van der Waals surface area contributed by atoms with E-state index in [-0.39, 0.29) is 29.6 Å². The molecule has 0 aliphatic carbocycles. The van der Waals surface area contributed by atoms with Gasteiger partial charge in [0.25, 0.3) is 5.91 Å². The molecule has 0 atom stereocenters. The molecule has 0 unspecified atom stereocenters. The number of carbonyl (C=O) groups is 1. The van der Waals surface area contributed by atoms with Crippen molar-refractivity contribution in [2.75, 3.05) is 10.6 Å². The first-order chi connectivity index (χ1) is 13.3. The van der Waals surface area contributed by atoms with Crippen molar-refractivity contribution in [3.8, 4) is 0 Å². The molecular weight excluding hydrogens is 376 g/mol. The Morgan fingerprint density at radius 2 is 1.71 bits per heavy atom. The molecule has 0 spiro atoms. The van der Waals surface area contributed by atoms with Crippen LogP contribution >= 0.6 is 0 Å². The molecule has 5 nitrogen and oxygen atoms in total. The zero-order valence-corrected chi connectivity index (χ0v) is 14.3. The van der Waals surface area contributed by atoms with Crippen LogP contribution < -0.4 is 10.6 Å². The zero-order valence-electron chi connectivity index (χ0n) is 14.3. The number of rotatable bonds is 5. The first kappa shape index (κ1) is 19.3. The number of anilines is 2. The number of hydrogen-bond acceptors (Lipinski definition) is 4. The van der Waals surface area contributed by atoms with E-state index in [1.54, 1.807) is 18.2 Å². The average molecular weight is 390 g/mol. The maximum atomic E-state index is 13.6. The Balaban J connectivity index is 1.63. The van der Waals surface area contributed by atoms with Gasteiger partial charge in [-0.25, -0.2) is 14.4 Å². The monoisotopic (exact) mass is 390 g/mol. The second kappa shape index (κ2) is 8.03. The van der Waals surface area contributed by atoms with Crippen molar-refractivity contribution in [3.63, 3.8) is 0 Å². The molecule has 1 aromatic heterocycles. The van der Waals surface area contributed by atoms with Crippen LogP contribution in [0.5, 0.6) is 0 Å². The van der Waals surface area contributed by atoms with Crippen molar-refractivity contribution in [2.45, 2.75) is 12.7 Å². The summed E-state index contributed by atoms with van der Waals surface area (Å²) in [7, 11) is 0. The van der Waals surface area contributed by atoms with E-state index in [9.17, 15) is 22.4 Å². The van der Waals surface area contributed by atoms with E-state index in [1.165, 1.54) is 30.6 Å². The van der Waals surface area contributed by atoms with Gasteiger partial charge in [-0.3, -0.25) is 4.79 Å². The fourth-order valence-corrected chi connectivity index (χ4v) is 2.33. The fourth-order valence-electron chi connectivity index (χ4n) is 2.33. The maximum Gasteiger partial charge on any atom is 0.416 e. The van der Waals surface area contributed by atoms with Crippen LogP contribution in [-0.2, 0) is 12.7 Å². The number of nitrogens with zero attached hydrogens (tertiary/aromatic N) is 2. The van der Waals surface area contributed by atoms with Gasteiger partial charge in [-0.1, -0.05) is 24.3 Å². The number of alkyl halides is 3. The molecule has 0 bridgehead atoms. The minimum atomic E-state index is -4.50. The Kier molecular flexibility index (Phi) is 5.53. The van der Waals surface area contributed by atoms with E-state index in [0.29, 0.717) is 5.56 Å². The summed E-state index contributed by atoms with van der Waals surface area (Å²) in [5.41, 5.74) is -0.373. The Bertz CT molecular complexity index is 974. The van der Waals surface area contributed by atoms with Gasteiger partial charge in [0, 0.05) is 30.2 Å². The normalized spacial score (nSPS) is 11.1. The largest absolute Gasteiger partial charge is 0.416 e. The van der Waals surface area contributed by atoms with E-state index in [0.717, 1.165) is 12.1 Å². The van der Waals surface area contributed by atoms with Gasteiger partial charge in [0.2, 0.25) is 5.95 Å². The van der Waals surface area contributed by atoms with E-state index in [1.807, 2.05) is 0 Å². The summed E-state index contributed by atoms with van der Waals surface area (Å²) < 4.78 is 51.8.